The van der Waals surface area contributed by atoms with Gasteiger partial charge in [0.05, 0.1) is 0 Å². The predicted molar refractivity (Wildman–Crippen MR) is 129 cm³/mol. The molecule has 0 nitrogen and oxygen atoms in total. The predicted octanol–water partition coefficient (Wildman–Crippen LogP) is 4.81. The van der Waals surface area contributed by atoms with E-state index < -0.39 is 0 Å². The van der Waals surface area contributed by atoms with Crippen molar-refractivity contribution < 1.29 is 16.5 Å². The van der Waals surface area contributed by atoms with Crippen LogP contribution in [0.3, 0.4) is 0 Å². The molecule has 0 aromatic heterocycles. The van der Waals surface area contributed by atoms with E-state index >= 15 is 0 Å². The zero-order valence-electron chi connectivity index (χ0n) is 15.9. The summed E-state index contributed by atoms with van der Waals surface area (Å²) in [5.41, 5.74) is 0. The summed E-state index contributed by atoms with van der Waals surface area (Å²) in [6.07, 6.45) is 0. The van der Waals surface area contributed by atoms with Crippen LogP contribution in [0.1, 0.15) is 0 Å². The van der Waals surface area contributed by atoms with Crippen LogP contribution in [0, 0.1) is 7.43 Å². The van der Waals surface area contributed by atoms with Crippen LogP contribution in [0.5, 0.6) is 0 Å². The molecule has 0 heterocycles. The van der Waals surface area contributed by atoms with E-state index in [0.717, 1.165) is 17.2 Å². The Morgan fingerprint density at radius 2 is 0.500 bits per heavy atom. The van der Waals surface area contributed by atoms with E-state index in [-0.39, 0.29) is 23.9 Å². The molecule has 4 aromatic carbocycles. The summed E-state index contributed by atoms with van der Waals surface area (Å²) in [5.74, 6) is 0. The molecule has 0 radical (unpaired) electrons. The minimum absolute atomic E-state index is 0. The molecular weight excluding hydrogens is 421 g/mol. The third-order valence-corrected chi connectivity index (χ3v) is 6.16. The van der Waals surface area contributed by atoms with E-state index in [2.05, 4.69) is 121 Å². The molecule has 0 aliphatic carbocycles. The van der Waals surface area contributed by atoms with Crippen LogP contribution in [-0.4, -0.2) is 0 Å². The number of hydrogen-bond acceptors (Lipinski definition) is 0. The maximum absolute atomic E-state index is 2.17. The van der Waals surface area contributed by atoms with Gasteiger partial charge in [-0.2, -0.15) is 0 Å². The van der Waals surface area contributed by atoms with Gasteiger partial charge in [0.1, 0.15) is 0 Å². The van der Waals surface area contributed by atoms with Crippen molar-refractivity contribution in [2.75, 3.05) is 0 Å². The van der Waals surface area contributed by atoms with Gasteiger partial charge in [-0.25, -0.2) is 0 Å². The summed E-state index contributed by atoms with van der Waals surface area (Å²) in [4.78, 5) is 0. The Morgan fingerprint density at radius 1 is 0.321 bits per heavy atom. The Kier molecular flexibility index (Phi) is 12.4. The van der Waals surface area contributed by atoms with E-state index in [1.165, 1.54) is 21.2 Å². The summed E-state index contributed by atoms with van der Waals surface area (Å²) >= 11 is 0. The second-order valence-electron chi connectivity index (χ2n) is 5.71. The summed E-state index contributed by atoms with van der Waals surface area (Å²) in [6.45, 7) is 0. The fraction of sp³-hybridized carbons (Fsp3) is 0. The van der Waals surface area contributed by atoms with Gasteiger partial charge in [-0.15, -0.1) is 0 Å². The van der Waals surface area contributed by atoms with Gasteiger partial charge < -0.3 is 7.43 Å². The molecule has 3 heteroatoms. The van der Waals surface area contributed by atoms with E-state index in [0.29, 0.717) is 0 Å². The van der Waals surface area contributed by atoms with E-state index in [9.17, 15) is 0 Å². The summed E-state index contributed by atoms with van der Waals surface area (Å²) in [6, 6.07) is 42.3. The fourth-order valence-electron chi connectivity index (χ4n) is 2.42. The zero-order valence-corrected chi connectivity index (χ0v) is 18.9. The first-order valence-electron chi connectivity index (χ1n) is 8.64. The molecule has 4 aromatic rings. The van der Waals surface area contributed by atoms with Crippen molar-refractivity contribution in [3.05, 3.63) is 129 Å². The van der Waals surface area contributed by atoms with Crippen molar-refractivity contribution in [1.82, 2.24) is 0 Å². The molecule has 147 valence electrons. The maximum atomic E-state index is 2.17. The van der Waals surface area contributed by atoms with Crippen molar-refractivity contribution in [3.63, 3.8) is 0 Å². The van der Waals surface area contributed by atoms with Gasteiger partial charge in [-0.3, -0.25) is 0 Å². The van der Waals surface area contributed by atoms with Crippen molar-refractivity contribution in [2.24, 2.45) is 0 Å². The van der Waals surface area contributed by atoms with Crippen molar-refractivity contribution in [2.45, 2.75) is 0 Å². The number of hydrogen-bond donors (Lipinski definition) is 0. The van der Waals surface area contributed by atoms with Crippen LogP contribution < -0.4 is 21.2 Å². The topological polar surface area (TPSA) is 0 Å². The first kappa shape index (κ1) is 24.3. The molecule has 0 bridgehead atoms. The molecule has 28 heavy (non-hydrogen) atoms. The number of rotatable bonds is 4. The summed E-state index contributed by atoms with van der Waals surface area (Å²) in [5, 5.41) is 5.59. The minimum Gasteiger partial charge on any atom is -0.0622 e. The quantitative estimate of drug-likeness (QED) is 0.239. The molecule has 0 saturated carbocycles. The van der Waals surface area contributed by atoms with Crippen molar-refractivity contribution in [3.8, 4) is 0 Å². The van der Waals surface area contributed by atoms with Gasteiger partial charge in [0.2, 0.25) is 0 Å². The summed E-state index contributed by atoms with van der Waals surface area (Å²) < 4.78 is 0. The van der Waals surface area contributed by atoms with Gasteiger partial charge in [0.15, 0.2) is 0 Å². The van der Waals surface area contributed by atoms with Gasteiger partial charge in [0, 0.05) is 0 Å². The third-order valence-electron chi connectivity index (χ3n) is 3.67. The molecule has 0 unspecified atom stereocenters. The monoisotopic (exact) mass is 446 g/mol. The standard InChI is InChI=1S/2C12H11P.CH3.Ni.H/c2*1-3-7-11(8-4-1)13-12-9-5-2-6-10-12;;;/h2*1-10,13H;1H3;;/q;;-1;;. The Hall–Kier alpha value is -1.77. The smallest absolute Gasteiger partial charge is 0.0226 e. The molecule has 0 aliphatic rings. The Balaban J connectivity index is 0.000000261. The molecule has 0 N–H and O–H groups in total. The van der Waals surface area contributed by atoms with Crippen LogP contribution in [-0.2, 0) is 16.5 Å². The van der Waals surface area contributed by atoms with E-state index in [4.69, 9.17) is 0 Å². The Morgan fingerprint density at radius 3 is 0.679 bits per heavy atom. The summed E-state index contributed by atoms with van der Waals surface area (Å²) in [7, 11) is 1.55. The number of benzene rings is 4. The Labute approximate surface area is 183 Å². The third kappa shape index (κ3) is 8.95. The van der Waals surface area contributed by atoms with Gasteiger partial charge in [-0.05, 0) is 21.2 Å². The SMILES string of the molecule is [CH3-].[NiH].c1ccc(Pc2ccccc2)cc1.c1ccc(Pc2ccccc2)cc1. The van der Waals surface area contributed by atoms with E-state index in [1.54, 1.807) is 0 Å². The molecule has 0 fully saturated rings. The van der Waals surface area contributed by atoms with Crippen LogP contribution >= 0.6 is 17.2 Å². The van der Waals surface area contributed by atoms with E-state index in [1.807, 2.05) is 0 Å². The Bertz CT molecular complexity index is 715. The second kappa shape index (κ2) is 14.3. The normalized spacial score (nSPS) is 9.14. The minimum atomic E-state index is 0. The fourth-order valence-corrected chi connectivity index (χ4v) is 4.52. The molecule has 0 atom stereocenters. The van der Waals surface area contributed by atoms with Crippen LogP contribution in [0.4, 0.5) is 0 Å². The largest absolute Gasteiger partial charge is 0.0622 e. The molecular formula is C25H26NiP2-. The van der Waals surface area contributed by atoms with Crippen molar-refractivity contribution >= 4 is 38.4 Å². The average Bonchev–Trinajstić information content (AvgIpc) is 2.72. The van der Waals surface area contributed by atoms with Gasteiger partial charge in [0.25, 0.3) is 0 Å². The van der Waals surface area contributed by atoms with Gasteiger partial charge >= 0.3 is 16.5 Å². The first-order chi connectivity index (χ1) is 12.9. The molecule has 0 amide bonds. The average molecular weight is 447 g/mol. The molecule has 0 spiro atoms. The first-order valence-corrected chi connectivity index (χ1v) is 10.6. The molecule has 0 saturated heterocycles. The van der Waals surface area contributed by atoms with Gasteiger partial charge in [-0.1, -0.05) is 138 Å². The van der Waals surface area contributed by atoms with Crippen molar-refractivity contribution in [1.29, 1.82) is 0 Å². The maximum Gasteiger partial charge on any atom is -0.0226 e. The molecule has 4 rings (SSSR count). The van der Waals surface area contributed by atoms with Crippen LogP contribution in [0.15, 0.2) is 121 Å². The molecule has 0 aliphatic heterocycles. The van der Waals surface area contributed by atoms with Crippen LogP contribution in [0.2, 0.25) is 0 Å². The second-order valence-corrected chi connectivity index (χ2v) is 8.52. The van der Waals surface area contributed by atoms with Crippen LogP contribution in [0.25, 0.3) is 0 Å². The zero-order chi connectivity index (χ0) is 17.9.